The largest absolute Gasteiger partial charge is 0.488 e. The van der Waals surface area contributed by atoms with E-state index in [4.69, 9.17) is 28.9 Å². The first kappa shape index (κ1) is 29.2. The molecule has 7 nitrogen and oxygen atoms in total. The van der Waals surface area contributed by atoms with E-state index in [2.05, 4.69) is 68.2 Å². The van der Waals surface area contributed by atoms with Gasteiger partial charge >= 0.3 is 0 Å². The fraction of sp³-hybridized carbons (Fsp3) is 0.250. The Morgan fingerprint density at radius 3 is 2.02 bits per heavy atom. The average Bonchev–Trinajstić information content (AvgIpc) is 3.75. The van der Waals surface area contributed by atoms with Crippen LogP contribution in [0.5, 0.6) is 23.0 Å². The van der Waals surface area contributed by atoms with Gasteiger partial charge in [0.1, 0.15) is 13.2 Å². The molecular formula is C36H31N3O4S3. The predicted octanol–water partition coefficient (Wildman–Crippen LogP) is 9.50. The van der Waals surface area contributed by atoms with Crippen molar-refractivity contribution in [3.05, 3.63) is 76.9 Å². The van der Waals surface area contributed by atoms with Gasteiger partial charge < -0.3 is 18.9 Å². The van der Waals surface area contributed by atoms with Crippen LogP contribution in [0.25, 0.3) is 52.7 Å². The van der Waals surface area contributed by atoms with Gasteiger partial charge in [0.05, 0.1) is 50.6 Å². The molecule has 0 aliphatic carbocycles. The molecule has 2 aliphatic rings. The molecule has 0 bridgehead atoms. The third kappa shape index (κ3) is 5.34. The Morgan fingerprint density at radius 1 is 0.609 bits per heavy atom. The van der Waals surface area contributed by atoms with E-state index < -0.39 is 0 Å². The normalized spacial score (nSPS) is 13.9. The lowest BCUT2D eigenvalue weighted by molar-refractivity contribution is 0.175. The van der Waals surface area contributed by atoms with Crippen molar-refractivity contribution >= 4 is 34.0 Å². The molecular weight excluding hydrogens is 635 g/mol. The number of ether oxygens (including phenoxy) is 4. The number of fused-ring (bicyclic) bond motifs is 2. The van der Waals surface area contributed by atoms with Crippen LogP contribution in [0.1, 0.15) is 29.3 Å². The standard InChI is InChI=1S/C36H31N3O4S3/c1-4-22-8-10-37-24(18-22)26-16-20(2)17-27(39-26)25-19-23(9-11-38-25)28-6-7-29(45-28)34-32-33(43-15-14-42-32)36(46-34)35-31-30(21(3)44-35)40-12-5-13-41-31/h6-11,16-19H,4-5,12-15H2,1-3H3. The smallest absolute Gasteiger partial charge is 0.181 e. The summed E-state index contributed by atoms with van der Waals surface area (Å²) in [6.07, 6.45) is 5.53. The number of hydrogen-bond acceptors (Lipinski definition) is 10. The molecule has 0 amide bonds. The SMILES string of the molecule is CCc1ccnc(-c2cc(C)cc(-c3cc(-c4ccc(-c5sc(-c6sc(C)c7c6OCCCO7)c6c5OCCO6)s4)ccn3)n2)c1. The van der Waals surface area contributed by atoms with Gasteiger partial charge in [-0.2, -0.15) is 0 Å². The molecule has 0 saturated carbocycles. The molecule has 6 aromatic rings. The van der Waals surface area contributed by atoms with Crippen molar-refractivity contribution in [2.24, 2.45) is 0 Å². The molecule has 6 aromatic heterocycles. The molecule has 0 atom stereocenters. The van der Waals surface area contributed by atoms with E-state index in [1.807, 2.05) is 18.5 Å². The zero-order valence-corrected chi connectivity index (χ0v) is 28.2. The van der Waals surface area contributed by atoms with E-state index in [0.717, 1.165) is 99.0 Å². The van der Waals surface area contributed by atoms with Crippen molar-refractivity contribution in [3.63, 3.8) is 0 Å². The molecule has 0 unspecified atom stereocenters. The maximum atomic E-state index is 6.25. The van der Waals surface area contributed by atoms with Crippen LogP contribution in [-0.4, -0.2) is 41.4 Å². The van der Waals surface area contributed by atoms with Crippen molar-refractivity contribution in [2.45, 2.75) is 33.6 Å². The van der Waals surface area contributed by atoms with Crippen molar-refractivity contribution in [3.8, 4) is 75.7 Å². The van der Waals surface area contributed by atoms with Gasteiger partial charge in [-0.05, 0) is 85.5 Å². The molecule has 8 heterocycles. The number of aromatic nitrogens is 3. The minimum Gasteiger partial charge on any atom is -0.488 e. The number of pyridine rings is 3. The van der Waals surface area contributed by atoms with Gasteiger partial charge in [-0.1, -0.05) is 6.92 Å². The first-order valence-electron chi connectivity index (χ1n) is 15.4. The number of aryl methyl sites for hydroxylation is 3. The molecule has 0 aromatic carbocycles. The minimum absolute atomic E-state index is 0.518. The molecule has 232 valence electrons. The molecule has 0 saturated heterocycles. The Bertz CT molecular complexity index is 2080. The van der Waals surface area contributed by atoms with Gasteiger partial charge in [0.2, 0.25) is 0 Å². The van der Waals surface area contributed by atoms with Crippen LogP contribution in [-0.2, 0) is 6.42 Å². The van der Waals surface area contributed by atoms with Crippen LogP contribution in [0.2, 0.25) is 0 Å². The van der Waals surface area contributed by atoms with E-state index in [0.29, 0.717) is 26.4 Å². The van der Waals surface area contributed by atoms with Gasteiger partial charge in [-0.15, -0.1) is 34.0 Å². The van der Waals surface area contributed by atoms with Crippen LogP contribution >= 0.6 is 34.0 Å². The lowest BCUT2D eigenvalue weighted by Gasteiger charge is -2.17. The van der Waals surface area contributed by atoms with Crippen molar-refractivity contribution in [1.82, 2.24) is 15.0 Å². The molecule has 0 spiro atoms. The maximum Gasteiger partial charge on any atom is 0.181 e. The monoisotopic (exact) mass is 665 g/mol. The van der Waals surface area contributed by atoms with Crippen molar-refractivity contribution in [1.29, 1.82) is 0 Å². The van der Waals surface area contributed by atoms with E-state index >= 15 is 0 Å². The summed E-state index contributed by atoms with van der Waals surface area (Å²) in [5.41, 5.74) is 6.83. The molecule has 8 rings (SSSR count). The molecule has 0 N–H and O–H groups in total. The van der Waals surface area contributed by atoms with E-state index in [-0.39, 0.29) is 0 Å². The van der Waals surface area contributed by atoms with E-state index in [1.54, 1.807) is 34.0 Å². The third-order valence-corrected chi connectivity index (χ3v) is 11.7. The predicted molar refractivity (Wildman–Crippen MR) is 186 cm³/mol. The number of nitrogens with zero attached hydrogens (tertiary/aromatic N) is 3. The second kappa shape index (κ2) is 12.2. The summed E-state index contributed by atoms with van der Waals surface area (Å²) in [6, 6.07) is 16.8. The average molecular weight is 666 g/mol. The number of hydrogen-bond donors (Lipinski definition) is 0. The van der Waals surface area contributed by atoms with Gasteiger partial charge in [-0.25, -0.2) is 4.98 Å². The molecule has 0 radical (unpaired) electrons. The van der Waals surface area contributed by atoms with Crippen LogP contribution in [0.4, 0.5) is 0 Å². The summed E-state index contributed by atoms with van der Waals surface area (Å²) in [5, 5.41) is 0. The van der Waals surface area contributed by atoms with Crippen LogP contribution in [0, 0.1) is 13.8 Å². The second-order valence-electron chi connectivity index (χ2n) is 11.2. The summed E-state index contributed by atoms with van der Waals surface area (Å²) in [7, 11) is 0. The van der Waals surface area contributed by atoms with Crippen molar-refractivity contribution in [2.75, 3.05) is 26.4 Å². The number of thiophene rings is 3. The third-order valence-electron chi connectivity index (χ3n) is 7.98. The quantitative estimate of drug-likeness (QED) is 0.175. The Hall–Kier alpha value is -4.25. The van der Waals surface area contributed by atoms with Gasteiger partial charge in [0.25, 0.3) is 0 Å². The highest BCUT2D eigenvalue weighted by atomic mass is 32.1. The zero-order valence-electron chi connectivity index (χ0n) is 25.7. The Kier molecular flexibility index (Phi) is 7.72. The van der Waals surface area contributed by atoms with Crippen LogP contribution < -0.4 is 18.9 Å². The van der Waals surface area contributed by atoms with E-state index in [9.17, 15) is 0 Å². The minimum atomic E-state index is 0.518. The highest BCUT2D eigenvalue weighted by molar-refractivity contribution is 7.28. The lowest BCUT2D eigenvalue weighted by Crippen LogP contribution is -2.14. The Labute approximate surface area is 279 Å². The first-order valence-corrected chi connectivity index (χ1v) is 17.8. The molecule has 10 heteroatoms. The molecule has 0 fully saturated rings. The summed E-state index contributed by atoms with van der Waals surface area (Å²) in [5.74, 6) is 3.28. The summed E-state index contributed by atoms with van der Waals surface area (Å²) < 4.78 is 24.8. The van der Waals surface area contributed by atoms with Crippen molar-refractivity contribution < 1.29 is 18.9 Å². The Balaban J connectivity index is 1.15. The fourth-order valence-electron chi connectivity index (χ4n) is 5.73. The summed E-state index contributed by atoms with van der Waals surface area (Å²) in [4.78, 5) is 20.8. The fourth-order valence-corrected chi connectivity index (χ4v) is 9.20. The highest BCUT2D eigenvalue weighted by Gasteiger charge is 2.32. The lowest BCUT2D eigenvalue weighted by atomic mass is 10.1. The first-order chi connectivity index (χ1) is 22.6. The topological polar surface area (TPSA) is 75.6 Å². The maximum absolute atomic E-state index is 6.25. The second-order valence-corrected chi connectivity index (χ2v) is 14.6. The number of rotatable bonds is 6. The summed E-state index contributed by atoms with van der Waals surface area (Å²) >= 11 is 5.12. The zero-order chi connectivity index (χ0) is 31.2. The molecule has 2 aliphatic heterocycles. The summed E-state index contributed by atoms with van der Waals surface area (Å²) in [6.45, 7) is 8.66. The van der Waals surface area contributed by atoms with Gasteiger partial charge in [0.15, 0.2) is 23.0 Å². The van der Waals surface area contributed by atoms with Crippen LogP contribution in [0.3, 0.4) is 0 Å². The highest BCUT2D eigenvalue weighted by Crippen LogP contribution is 2.60. The van der Waals surface area contributed by atoms with Gasteiger partial charge in [-0.3, -0.25) is 9.97 Å². The molecule has 46 heavy (non-hydrogen) atoms. The van der Waals surface area contributed by atoms with Gasteiger partial charge in [0, 0.05) is 33.4 Å². The van der Waals surface area contributed by atoms with Crippen LogP contribution in [0.15, 0.2) is 60.9 Å². The van der Waals surface area contributed by atoms with E-state index in [1.165, 1.54) is 5.56 Å². The Morgan fingerprint density at radius 2 is 1.24 bits per heavy atom.